The number of rotatable bonds is 1. The Labute approximate surface area is 158 Å². The first kappa shape index (κ1) is 16.0. The molecule has 1 fully saturated rings. The average Bonchev–Trinajstić information content (AvgIpc) is 3.05. The topological polar surface area (TPSA) is 23.6 Å². The number of nitrogens with zero attached hydrogens (tertiary/aromatic N) is 2. The van der Waals surface area contributed by atoms with Gasteiger partial charge < -0.3 is 4.90 Å². The molecule has 120 valence electrons. The Balaban J connectivity index is 1.75. The summed E-state index contributed by atoms with van der Waals surface area (Å²) < 4.78 is 0.552. The molecule has 2 aromatic carbocycles. The molecule has 3 nitrogen and oxygen atoms in total. The Hall–Kier alpha value is -1.47. The maximum absolute atomic E-state index is 13.0. The molecular weight excluding hydrogens is 380 g/mol. The SMILES string of the molecule is CN1/C(=C2/SC(=S)N(c3ccccc3)C2=O)Sc2ccc(Cl)cc21. The monoisotopic (exact) mass is 390 g/mol. The van der Waals surface area contributed by atoms with Crippen LogP contribution >= 0.6 is 47.3 Å². The van der Waals surface area contributed by atoms with E-state index in [1.807, 2.05) is 60.5 Å². The fraction of sp³-hybridized carbons (Fsp3) is 0.0588. The van der Waals surface area contributed by atoms with Gasteiger partial charge in [0.05, 0.1) is 16.4 Å². The van der Waals surface area contributed by atoms with Crippen LogP contribution in [0.1, 0.15) is 0 Å². The minimum absolute atomic E-state index is 0.0792. The van der Waals surface area contributed by atoms with Crippen LogP contribution < -0.4 is 9.80 Å². The first-order valence-electron chi connectivity index (χ1n) is 7.13. The van der Waals surface area contributed by atoms with Crippen LogP contribution in [0.15, 0.2) is 63.4 Å². The number of halogens is 1. The van der Waals surface area contributed by atoms with Crippen molar-refractivity contribution in [1.82, 2.24) is 0 Å². The summed E-state index contributed by atoms with van der Waals surface area (Å²) in [4.78, 5) is 18.3. The van der Waals surface area contributed by atoms with E-state index in [2.05, 4.69) is 0 Å². The molecule has 2 aliphatic heterocycles. The van der Waals surface area contributed by atoms with Gasteiger partial charge in [-0.05, 0) is 30.3 Å². The summed E-state index contributed by atoms with van der Waals surface area (Å²) in [6.45, 7) is 0. The molecule has 0 saturated carbocycles. The molecule has 2 aliphatic rings. The number of amides is 1. The van der Waals surface area contributed by atoms with Crippen LogP contribution in [0.4, 0.5) is 11.4 Å². The molecule has 1 amide bonds. The van der Waals surface area contributed by atoms with E-state index in [-0.39, 0.29) is 5.91 Å². The molecule has 0 bridgehead atoms. The van der Waals surface area contributed by atoms with Crippen molar-refractivity contribution >= 4 is 68.9 Å². The maximum atomic E-state index is 13.0. The minimum atomic E-state index is -0.0792. The molecule has 1 saturated heterocycles. The predicted octanol–water partition coefficient (Wildman–Crippen LogP) is 5.12. The van der Waals surface area contributed by atoms with Crippen LogP contribution in [0.25, 0.3) is 0 Å². The third kappa shape index (κ3) is 2.54. The number of thiocarbonyl (C=S) groups is 1. The highest BCUT2D eigenvalue weighted by atomic mass is 35.5. The number of para-hydroxylation sites is 1. The summed E-state index contributed by atoms with van der Waals surface area (Å²) in [5.41, 5.74) is 1.80. The van der Waals surface area contributed by atoms with Crippen LogP contribution in [-0.2, 0) is 4.79 Å². The Morgan fingerprint density at radius 1 is 1.08 bits per heavy atom. The average molecular weight is 391 g/mol. The number of fused-ring (bicyclic) bond motifs is 1. The van der Waals surface area contributed by atoms with E-state index in [4.69, 9.17) is 23.8 Å². The number of hydrogen-bond acceptors (Lipinski definition) is 5. The highest BCUT2D eigenvalue weighted by Crippen LogP contribution is 2.50. The second-order valence-electron chi connectivity index (χ2n) is 5.25. The molecule has 0 aromatic heterocycles. The van der Waals surface area contributed by atoms with Crippen molar-refractivity contribution in [3.63, 3.8) is 0 Å². The lowest BCUT2D eigenvalue weighted by Crippen LogP contribution is -2.28. The third-order valence-electron chi connectivity index (χ3n) is 3.77. The molecule has 0 aliphatic carbocycles. The van der Waals surface area contributed by atoms with Crippen LogP contribution in [0.5, 0.6) is 0 Å². The molecule has 0 N–H and O–H groups in total. The number of anilines is 2. The lowest BCUT2D eigenvalue weighted by Gasteiger charge is -2.16. The molecule has 4 rings (SSSR count). The van der Waals surface area contributed by atoms with Crippen LogP contribution in [0.2, 0.25) is 5.02 Å². The van der Waals surface area contributed by atoms with Gasteiger partial charge in [0.15, 0.2) is 4.32 Å². The van der Waals surface area contributed by atoms with Gasteiger partial charge in [0, 0.05) is 17.0 Å². The number of carbonyl (C=O) groups excluding carboxylic acids is 1. The lowest BCUT2D eigenvalue weighted by atomic mass is 10.3. The molecule has 2 heterocycles. The van der Waals surface area contributed by atoms with Crippen molar-refractivity contribution in [1.29, 1.82) is 0 Å². The van der Waals surface area contributed by atoms with Gasteiger partial charge in [0.1, 0.15) is 4.91 Å². The molecule has 7 heteroatoms. The maximum Gasteiger partial charge on any atom is 0.273 e. The predicted molar refractivity (Wildman–Crippen MR) is 107 cm³/mol. The molecule has 0 radical (unpaired) electrons. The largest absolute Gasteiger partial charge is 0.337 e. The molecule has 0 spiro atoms. The smallest absolute Gasteiger partial charge is 0.273 e. The van der Waals surface area contributed by atoms with E-state index in [9.17, 15) is 4.79 Å². The summed E-state index contributed by atoms with van der Waals surface area (Å²) in [6, 6.07) is 15.2. The van der Waals surface area contributed by atoms with Crippen molar-refractivity contribution in [2.75, 3.05) is 16.8 Å². The van der Waals surface area contributed by atoms with Gasteiger partial charge in [0.2, 0.25) is 0 Å². The van der Waals surface area contributed by atoms with E-state index in [0.717, 1.165) is 21.3 Å². The van der Waals surface area contributed by atoms with Gasteiger partial charge in [0.25, 0.3) is 5.91 Å². The van der Waals surface area contributed by atoms with Crippen LogP contribution in [-0.4, -0.2) is 17.3 Å². The van der Waals surface area contributed by atoms with E-state index >= 15 is 0 Å². The molecule has 0 atom stereocenters. The van der Waals surface area contributed by atoms with E-state index in [1.54, 1.807) is 16.7 Å². The van der Waals surface area contributed by atoms with Crippen LogP contribution in [0, 0.1) is 0 Å². The van der Waals surface area contributed by atoms with Crippen molar-refractivity contribution in [2.24, 2.45) is 0 Å². The fourth-order valence-corrected chi connectivity index (χ4v) is 5.39. The van der Waals surface area contributed by atoms with Gasteiger partial charge in [-0.2, -0.15) is 0 Å². The Morgan fingerprint density at radius 3 is 2.58 bits per heavy atom. The van der Waals surface area contributed by atoms with Crippen molar-refractivity contribution in [3.05, 3.63) is 63.5 Å². The quantitative estimate of drug-likeness (QED) is 0.497. The summed E-state index contributed by atoms with van der Waals surface area (Å²) in [5, 5.41) is 1.57. The van der Waals surface area contributed by atoms with Gasteiger partial charge in [-0.1, -0.05) is 65.5 Å². The van der Waals surface area contributed by atoms with Gasteiger partial charge in [-0.15, -0.1) is 0 Å². The number of benzene rings is 2. The zero-order valence-electron chi connectivity index (χ0n) is 12.5. The molecule has 0 unspecified atom stereocenters. The van der Waals surface area contributed by atoms with Crippen molar-refractivity contribution in [2.45, 2.75) is 4.90 Å². The highest BCUT2D eigenvalue weighted by Gasteiger charge is 2.38. The molecular formula is C17H11ClN2OS3. The summed E-state index contributed by atoms with van der Waals surface area (Å²) in [5.74, 6) is -0.0792. The standard InChI is InChI=1S/C17H11ClN2OS3/c1-19-12-9-10(18)7-8-13(12)23-16(19)14-15(21)20(17(22)24-14)11-5-3-2-4-6-11/h2-9H,1H3/b16-14-. The minimum Gasteiger partial charge on any atom is -0.337 e. The first-order valence-corrected chi connectivity index (χ1v) is 9.55. The lowest BCUT2D eigenvalue weighted by molar-refractivity contribution is -0.113. The fourth-order valence-electron chi connectivity index (χ4n) is 2.62. The first-order chi connectivity index (χ1) is 11.6. The number of thioether (sulfide) groups is 2. The number of carbonyl (C=O) groups is 1. The van der Waals surface area contributed by atoms with E-state index in [0.29, 0.717) is 14.2 Å². The Kier molecular flexibility index (Phi) is 4.08. The summed E-state index contributed by atoms with van der Waals surface area (Å²) in [6.07, 6.45) is 0. The van der Waals surface area contributed by atoms with Crippen molar-refractivity contribution < 1.29 is 4.79 Å². The zero-order chi connectivity index (χ0) is 16.8. The van der Waals surface area contributed by atoms with Crippen LogP contribution in [0.3, 0.4) is 0 Å². The van der Waals surface area contributed by atoms with E-state index < -0.39 is 0 Å². The molecule has 24 heavy (non-hydrogen) atoms. The normalized spacial score (nSPS) is 20.1. The Morgan fingerprint density at radius 2 is 1.83 bits per heavy atom. The Bertz CT molecular complexity index is 898. The molecule has 2 aromatic rings. The summed E-state index contributed by atoms with van der Waals surface area (Å²) >= 11 is 14.5. The summed E-state index contributed by atoms with van der Waals surface area (Å²) in [7, 11) is 1.94. The van der Waals surface area contributed by atoms with Crippen molar-refractivity contribution in [3.8, 4) is 0 Å². The zero-order valence-corrected chi connectivity index (χ0v) is 15.7. The second-order valence-corrected chi connectivity index (χ2v) is 8.36. The number of hydrogen-bond donors (Lipinski definition) is 0. The van der Waals surface area contributed by atoms with E-state index in [1.165, 1.54) is 11.8 Å². The van der Waals surface area contributed by atoms with Gasteiger partial charge in [-0.3, -0.25) is 9.69 Å². The highest BCUT2D eigenvalue weighted by molar-refractivity contribution is 8.27. The third-order valence-corrected chi connectivity index (χ3v) is 6.73. The van der Waals surface area contributed by atoms with Gasteiger partial charge in [-0.25, -0.2) is 0 Å². The second kappa shape index (κ2) is 6.11. The van der Waals surface area contributed by atoms with Gasteiger partial charge >= 0.3 is 0 Å².